The molecule has 0 aliphatic carbocycles. The van der Waals surface area contributed by atoms with Crippen molar-refractivity contribution in [3.63, 3.8) is 0 Å². The highest BCUT2D eigenvalue weighted by atomic mass is 16.3. The lowest BCUT2D eigenvalue weighted by atomic mass is 9.99. The lowest BCUT2D eigenvalue weighted by Crippen LogP contribution is -1.99. The van der Waals surface area contributed by atoms with Crippen LogP contribution in [-0.2, 0) is 0 Å². The lowest BCUT2D eigenvalue weighted by molar-refractivity contribution is 0.449. The highest BCUT2D eigenvalue weighted by Crippen LogP contribution is 2.40. The van der Waals surface area contributed by atoms with E-state index in [2.05, 4.69) is 49.3 Å². The van der Waals surface area contributed by atoms with Crippen molar-refractivity contribution in [2.75, 3.05) is 0 Å². The van der Waals surface area contributed by atoms with E-state index in [1.807, 2.05) is 53.2 Å². The molecule has 0 radical (unpaired) electrons. The quantitative estimate of drug-likeness (QED) is 0.532. The largest absolute Gasteiger partial charge is 0.492 e. The average molecular weight is 340 g/mol. The molecular formula is C23H20N2O. The molecular weight excluding hydrogens is 320 g/mol. The zero-order valence-electron chi connectivity index (χ0n) is 14.8. The summed E-state index contributed by atoms with van der Waals surface area (Å²) in [5.74, 6) is 0.0363. The fraction of sp³-hybridized carbons (Fsp3) is 0.0870. The maximum atomic E-state index is 10.7. The van der Waals surface area contributed by atoms with Crippen molar-refractivity contribution < 1.29 is 5.11 Å². The van der Waals surface area contributed by atoms with Crippen LogP contribution in [0.3, 0.4) is 0 Å². The molecule has 3 heteroatoms. The molecule has 0 aliphatic heterocycles. The number of rotatable bonds is 3. The molecule has 0 atom stereocenters. The molecule has 4 rings (SSSR count). The summed E-state index contributed by atoms with van der Waals surface area (Å²) in [6.07, 6.45) is 0. The zero-order valence-corrected chi connectivity index (χ0v) is 14.8. The topological polar surface area (TPSA) is 38.1 Å². The Morgan fingerprint density at radius 3 is 2.15 bits per heavy atom. The summed E-state index contributed by atoms with van der Waals surface area (Å²) in [6, 6.07) is 26.3. The smallest absolute Gasteiger partial charge is 0.239 e. The minimum atomic E-state index is 0.0363. The van der Waals surface area contributed by atoms with Gasteiger partial charge in [0.15, 0.2) is 0 Å². The van der Waals surface area contributed by atoms with E-state index in [1.54, 1.807) is 0 Å². The number of para-hydroxylation sites is 1. The van der Waals surface area contributed by atoms with E-state index >= 15 is 0 Å². The van der Waals surface area contributed by atoms with Gasteiger partial charge in [-0.2, -0.15) is 0 Å². The van der Waals surface area contributed by atoms with Gasteiger partial charge < -0.3 is 5.11 Å². The number of hydrogen-bond donors (Lipinski definition) is 1. The highest BCUT2D eigenvalue weighted by Gasteiger charge is 2.21. The van der Waals surface area contributed by atoms with Gasteiger partial charge in [0.1, 0.15) is 0 Å². The van der Waals surface area contributed by atoms with Crippen molar-refractivity contribution in [2.24, 2.45) is 0 Å². The van der Waals surface area contributed by atoms with Gasteiger partial charge in [-0.3, -0.25) is 0 Å². The van der Waals surface area contributed by atoms with E-state index in [9.17, 15) is 5.11 Å². The molecule has 3 nitrogen and oxygen atoms in total. The number of aromatic hydroxyl groups is 1. The van der Waals surface area contributed by atoms with Crippen LogP contribution in [0.1, 0.15) is 11.1 Å². The third-order valence-electron chi connectivity index (χ3n) is 4.50. The van der Waals surface area contributed by atoms with E-state index in [4.69, 9.17) is 0 Å². The summed E-state index contributed by atoms with van der Waals surface area (Å²) < 4.78 is 1.82. The average Bonchev–Trinajstić information content (AvgIpc) is 3.00. The summed E-state index contributed by atoms with van der Waals surface area (Å²) in [5, 5.41) is 15.2. The SMILES string of the molecule is Cc1ccc(-c2c(O)nn(-c3ccccc3)c2-c2cccc(C)c2)cc1. The number of nitrogens with zero attached hydrogens (tertiary/aromatic N) is 2. The third kappa shape index (κ3) is 2.88. The van der Waals surface area contributed by atoms with Crippen LogP contribution in [0.5, 0.6) is 5.88 Å². The number of hydrogen-bond acceptors (Lipinski definition) is 2. The minimum Gasteiger partial charge on any atom is -0.492 e. The zero-order chi connectivity index (χ0) is 18.1. The Morgan fingerprint density at radius 1 is 0.731 bits per heavy atom. The Balaban J connectivity index is 2.02. The molecule has 0 spiro atoms. The molecule has 0 bridgehead atoms. The first-order valence-corrected chi connectivity index (χ1v) is 8.65. The summed E-state index contributed by atoms with van der Waals surface area (Å²) in [4.78, 5) is 0. The van der Waals surface area contributed by atoms with Gasteiger partial charge in [0.05, 0.1) is 16.9 Å². The van der Waals surface area contributed by atoms with E-state index in [0.717, 1.165) is 33.6 Å². The molecule has 0 amide bonds. The van der Waals surface area contributed by atoms with E-state index in [0.29, 0.717) is 0 Å². The molecule has 0 unspecified atom stereocenters. The fourth-order valence-corrected chi connectivity index (χ4v) is 3.21. The van der Waals surface area contributed by atoms with Crippen LogP contribution in [-0.4, -0.2) is 14.9 Å². The number of aryl methyl sites for hydroxylation is 2. The molecule has 1 N–H and O–H groups in total. The van der Waals surface area contributed by atoms with Crippen molar-refractivity contribution in [2.45, 2.75) is 13.8 Å². The number of benzene rings is 3. The number of aromatic nitrogens is 2. The van der Waals surface area contributed by atoms with Crippen molar-refractivity contribution in [3.8, 4) is 34.0 Å². The van der Waals surface area contributed by atoms with Gasteiger partial charge in [-0.1, -0.05) is 71.8 Å². The van der Waals surface area contributed by atoms with Crippen LogP contribution < -0.4 is 0 Å². The van der Waals surface area contributed by atoms with Gasteiger partial charge in [-0.05, 0) is 37.6 Å². The van der Waals surface area contributed by atoms with Crippen LogP contribution in [0.15, 0.2) is 78.9 Å². The van der Waals surface area contributed by atoms with Crippen LogP contribution >= 0.6 is 0 Å². The van der Waals surface area contributed by atoms with Crippen molar-refractivity contribution >= 4 is 0 Å². The second-order valence-corrected chi connectivity index (χ2v) is 6.53. The molecule has 4 aromatic rings. The maximum absolute atomic E-state index is 10.7. The summed E-state index contributed by atoms with van der Waals surface area (Å²) >= 11 is 0. The summed E-state index contributed by atoms with van der Waals surface area (Å²) in [7, 11) is 0. The Bertz CT molecular complexity index is 1050. The Labute approximate surface area is 153 Å². The molecule has 0 fully saturated rings. The van der Waals surface area contributed by atoms with Gasteiger partial charge in [0, 0.05) is 5.56 Å². The van der Waals surface area contributed by atoms with Crippen LogP contribution in [0.4, 0.5) is 0 Å². The predicted molar refractivity (Wildman–Crippen MR) is 106 cm³/mol. The standard InChI is InChI=1S/C23H20N2O/c1-16-11-13-18(14-12-16)21-22(19-8-6-7-17(2)15-19)25(24-23(21)26)20-9-4-3-5-10-20/h3-15H,1-2H3,(H,24,26). The summed E-state index contributed by atoms with van der Waals surface area (Å²) in [5.41, 5.74) is 6.88. The molecule has 0 saturated heterocycles. The molecule has 0 aliphatic rings. The van der Waals surface area contributed by atoms with E-state index in [-0.39, 0.29) is 5.88 Å². The molecule has 1 heterocycles. The maximum Gasteiger partial charge on any atom is 0.239 e. The molecule has 3 aromatic carbocycles. The van der Waals surface area contributed by atoms with Gasteiger partial charge in [-0.15, -0.1) is 5.10 Å². The summed E-state index contributed by atoms with van der Waals surface area (Å²) in [6.45, 7) is 4.12. The molecule has 0 saturated carbocycles. The Kier molecular flexibility index (Phi) is 4.05. The lowest BCUT2D eigenvalue weighted by Gasteiger charge is -2.11. The van der Waals surface area contributed by atoms with Crippen LogP contribution in [0.25, 0.3) is 28.1 Å². The van der Waals surface area contributed by atoms with Gasteiger partial charge >= 0.3 is 0 Å². The first-order chi connectivity index (χ1) is 12.6. The van der Waals surface area contributed by atoms with Crippen molar-refractivity contribution in [1.82, 2.24) is 9.78 Å². The van der Waals surface area contributed by atoms with Gasteiger partial charge in [0.2, 0.25) is 5.88 Å². The fourth-order valence-electron chi connectivity index (χ4n) is 3.21. The molecule has 26 heavy (non-hydrogen) atoms. The predicted octanol–water partition coefficient (Wildman–Crippen LogP) is 5.53. The third-order valence-corrected chi connectivity index (χ3v) is 4.50. The highest BCUT2D eigenvalue weighted by molar-refractivity contribution is 5.86. The van der Waals surface area contributed by atoms with E-state index < -0.39 is 0 Å². The monoisotopic (exact) mass is 340 g/mol. The van der Waals surface area contributed by atoms with E-state index in [1.165, 1.54) is 5.56 Å². The second kappa shape index (κ2) is 6.52. The second-order valence-electron chi connectivity index (χ2n) is 6.53. The minimum absolute atomic E-state index is 0.0363. The van der Waals surface area contributed by atoms with Crippen molar-refractivity contribution in [3.05, 3.63) is 90.0 Å². The first-order valence-electron chi connectivity index (χ1n) is 8.65. The Morgan fingerprint density at radius 2 is 1.46 bits per heavy atom. The van der Waals surface area contributed by atoms with Crippen LogP contribution in [0.2, 0.25) is 0 Å². The first kappa shape index (κ1) is 16.2. The molecule has 1 aromatic heterocycles. The van der Waals surface area contributed by atoms with Crippen LogP contribution in [0, 0.1) is 13.8 Å². The molecule has 128 valence electrons. The normalized spacial score (nSPS) is 10.8. The Hall–Kier alpha value is -3.33. The van der Waals surface area contributed by atoms with Gasteiger partial charge in [-0.25, -0.2) is 4.68 Å². The van der Waals surface area contributed by atoms with Gasteiger partial charge in [0.25, 0.3) is 0 Å². The van der Waals surface area contributed by atoms with Crippen molar-refractivity contribution in [1.29, 1.82) is 0 Å².